The zero-order chi connectivity index (χ0) is 19.9. The van der Waals surface area contributed by atoms with E-state index in [2.05, 4.69) is 16.9 Å². The first-order valence-electron chi connectivity index (χ1n) is 9.55. The number of hydrogen-bond donors (Lipinski definition) is 1. The lowest BCUT2D eigenvalue weighted by Gasteiger charge is -2.40. The first kappa shape index (κ1) is 18.9. The van der Waals surface area contributed by atoms with Gasteiger partial charge in [-0.1, -0.05) is 6.07 Å². The number of likely N-dealkylation sites (tertiary alicyclic amines) is 1. The highest BCUT2D eigenvalue weighted by atomic mass is 19.1. The fraction of sp³-hybridized carbons (Fsp3) is 0.500. The van der Waals surface area contributed by atoms with Gasteiger partial charge < -0.3 is 14.7 Å². The van der Waals surface area contributed by atoms with Crippen LogP contribution in [0.15, 0.2) is 24.4 Å². The summed E-state index contributed by atoms with van der Waals surface area (Å²) in [5.74, 6) is -1.04. The minimum Gasteiger partial charge on any atom is -0.504 e. The summed E-state index contributed by atoms with van der Waals surface area (Å²) in [6, 6.07) is 4.63. The smallest absolute Gasteiger partial charge is 0.278 e. The van der Waals surface area contributed by atoms with Crippen LogP contribution in [0.2, 0.25) is 0 Å². The molecule has 2 fully saturated rings. The number of amides is 1. The number of carbonyl (C=O) groups is 1. The van der Waals surface area contributed by atoms with Gasteiger partial charge in [-0.2, -0.15) is 5.10 Å². The van der Waals surface area contributed by atoms with E-state index in [1.165, 1.54) is 16.9 Å². The van der Waals surface area contributed by atoms with Crippen molar-refractivity contribution < 1.29 is 19.0 Å². The quantitative estimate of drug-likeness (QED) is 0.871. The summed E-state index contributed by atoms with van der Waals surface area (Å²) in [6.45, 7) is 8.28. The van der Waals surface area contributed by atoms with Gasteiger partial charge in [0.25, 0.3) is 5.91 Å². The normalized spacial score (nSPS) is 23.3. The van der Waals surface area contributed by atoms with Crippen LogP contribution in [0.3, 0.4) is 0 Å². The fourth-order valence-electron chi connectivity index (χ4n) is 4.07. The lowest BCUT2D eigenvalue weighted by Crippen LogP contribution is -2.53. The largest absolute Gasteiger partial charge is 0.504 e. The van der Waals surface area contributed by atoms with Gasteiger partial charge in [0.2, 0.25) is 0 Å². The van der Waals surface area contributed by atoms with Crippen LogP contribution in [0.1, 0.15) is 29.4 Å². The van der Waals surface area contributed by atoms with Crippen LogP contribution in [0, 0.1) is 12.7 Å². The maximum Gasteiger partial charge on any atom is 0.278 e. The Morgan fingerprint density at radius 2 is 2.04 bits per heavy atom. The van der Waals surface area contributed by atoms with E-state index in [9.17, 15) is 14.3 Å². The third kappa shape index (κ3) is 3.38. The minimum absolute atomic E-state index is 0.0490. The number of ether oxygens (including phenoxy) is 1. The van der Waals surface area contributed by atoms with Crippen LogP contribution >= 0.6 is 0 Å². The van der Waals surface area contributed by atoms with E-state index >= 15 is 0 Å². The summed E-state index contributed by atoms with van der Waals surface area (Å²) >= 11 is 0. The number of carbonyl (C=O) groups excluding carboxylic acids is 1. The number of aromatic hydroxyl groups is 1. The van der Waals surface area contributed by atoms with Gasteiger partial charge in [0.1, 0.15) is 11.5 Å². The van der Waals surface area contributed by atoms with Gasteiger partial charge in [-0.3, -0.25) is 9.69 Å². The molecule has 0 saturated carbocycles. The van der Waals surface area contributed by atoms with Gasteiger partial charge in [0.15, 0.2) is 11.4 Å². The molecule has 0 radical (unpaired) electrons. The van der Waals surface area contributed by atoms with Crippen molar-refractivity contribution in [3.63, 3.8) is 0 Å². The number of morpholine rings is 1. The lowest BCUT2D eigenvalue weighted by atomic mass is 9.98. The van der Waals surface area contributed by atoms with Crippen molar-refractivity contribution in [1.29, 1.82) is 0 Å². The highest BCUT2D eigenvalue weighted by molar-refractivity contribution is 5.95. The van der Waals surface area contributed by atoms with E-state index in [0.29, 0.717) is 26.3 Å². The number of halogens is 1. The molecule has 1 amide bonds. The summed E-state index contributed by atoms with van der Waals surface area (Å²) in [7, 11) is 0. The molecule has 1 N–H and O–H groups in total. The number of benzene rings is 1. The Bertz CT molecular complexity index is 894. The second kappa shape index (κ2) is 7.18. The molecule has 1 unspecified atom stereocenters. The van der Waals surface area contributed by atoms with Gasteiger partial charge in [0.05, 0.1) is 19.4 Å². The van der Waals surface area contributed by atoms with Crippen molar-refractivity contribution in [2.24, 2.45) is 0 Å². The third-order valence-corrected chi connectivity index (χ3v) is 5.76. The molecule has 2 aliphatic heterocycles. The molecule has 150 valence electrons. The molecule has 2 aliphatic rings. The first-order chi connectivity index (χ1) is 13.4. The van der Waals surface area contributed by atoms with E-state index in [0.717, 1.165) is 25.1 Å². The molecule has 8 heteroatoms. The highest BCUT2D eigenvalue weighted by Gasteiger charge is 2.42. The predicted octanol–water partition coefficient (Wildman–Crippen LogP) is 1.96. The fourth-order valence-corrected chi connectivity index (χ4v) is 4.07. The predicted molar refractivity (Wildman–Crippen MR) is 101 cm³/mol. The van der Waals surface area contributed by atoms with E-state index in [1.54, 1.807) is 17.0 Å². The molecule has 2 saturated heterocycles. The Morgan fingerprint density at radius 1 is 1.29 bits per heavy atom. The second-order valence-electron chi connectivity index (χ2n) is 7.84. The molecule has 4 rings (SSSR count). The van der Waals surface area contributed by atoms with Crippen molar-refractivity contribution in [1.82, 2.24) is 19.6 Å². The molecule has 1 aromatic carbocycles. The topological polar surface area (TPSA) is 70.8 Å². The van der Waals surface area contributed by atoms with Crippen LogP contribution < -0.4 is 0 Å². The molecule has 2 aromatic rings. The number of hydrogen-bond acceptors (Lipinski definition) is 5. The van der Waals surface area contributed by atoms with E-state index in [-0.39, 0.29) is 28.6 Å². The van der Waals surface area contributed by atoms with Crippen molar-refractivity contribution in [3.05, 3.63) is 41.5 Å². The lowest BCUT2D eigenvalue weighted by molar-refractivity contribution is -0.0124. The van der Waals surface area contributed by atoms with Gasteiger partial charge in [-0.05, 0) is 38.0 Å². The van der Waals surface area contributed by atoms with Crippen molar-refractivity contribution in [2.75, 3.05) is 39.4 Å². The van der Waals surface area contributed by atoms with E-state index in [4.69, 9.17) is 4.74 Å². The molecule has 28 heavy (non-hydrogen) atoms. The number of aromatic nitrogens is 2. The number of aryl methyl sites for hydroxylation is 1. The third-order valence-electron chi connectivity index (χ3n) is 5.76. The Morgan fingerprint density at radius 3 is 2.79 bits per heavy atom. The standard InChI is InChI=1S/C20H25FN4O3/c1-14-3-4-15(21)16(11-14)25-12-17(26)18(22-25)19(27)23-6-5-20(2,13-23)24-7-9-28-10-8-24/h3-4,11-12,26H,5-10,13H2,1-2H3. The Labute approximate surface area is 163 Å². The summed E-state index contributed by atoms with van der Waals surface area (Å²) in [5, 5.41) is 14.5. The molecule has 0 bridgehead atoms. The number of rotatable bonds is 3. The second-order valence-corrected chi connectivity index (χ2v) is 7.84. The van der Waals surface area contributed by atoms with E-state index in [1.807, 2.05) is 6.92 Å². The average molecular weight is 388 g/mol. The Balaban J connectivity index is 1.54. The van der Waals surface area contributed by atoms with Gasteiger partial charge in [-0.15, -0.1) is 0 Å². The first-order valence-corrected chi connectivity index (χ1v) is 9.55. The molecule has 1 atom stereocenters. The van der Waals surface area contributed by atoms with Gasteiger partial charge >= 0.3 is 0 Å². The van der Waals surface area contributed by atoms with Crippen molar-refractivity contribution >= 4 is 5.91 Å². The summed E-state index contributed by atoms with van der Waals surface area (Å²) in [4.78, 5) is 17.1. The van der Waals surface area contributed by atoms with Crippen molar-refractivity contribution in [3.8, 4) is 11.4 Å². The zero-order valence-corrected chi connectivity index (χ0v) is 16.2. The van der Waals surface area contributed by atoms with Crippen LogP contribution in [-0.4, -0.2) is 75.5 Å². The zero-order valence-electron chi connectivity index (χ0n) is 16.2. The van der Waals surface area contributed by atoms with Gasteiger partial charge in [-0.25, -0.2) is 9.07 Å². The van der Waals surface area contributed by atoms with Crippen LogP contribution in [0.25, 0.3) is 5.69 Å². The SMILES string of the molecule is Cc1ccc(F)c(-n2cc(O)c(C(=O)N3CCC(C)(N4CCOCC4)C3)n2)c1. The highest BCUT2D eigenvalue weighted by Crippen LogP contribution is 2.31. The maximum atomic E-state index is 14.2. The summed E-state index contributed by atoms with van der Waals surface area (Å²) in [5.41, 5.74) is 0.904. The Hall–Kier alpha value is -2.45. The molecule has 0 aliphatic carbocycles. The maximum absolute atomic E-state index is 14.2. The molecular formula is C20H25FN4O3. The van der Waals surface area contributed by atoms with Crippen LogP contribution in [0.5, 0.6) is 5.75 Å². The van der Waals surface area contributed by atoms with Crippen LogP contribution in [0.4, 0.5) is 4.39 Å². The molecule has 7 nitrogen and oxygen atoms in total. The summed E-state index contributed by atoms with van der Waals surface area (Å²) < 4.78 is 20.8. The molecule has 1 aromatic heterocycles. The monoisotopic (exact) mass is 388 g/mol. The van der Waals surface area contributed by atoms with Gasteiger partial charge in [0, 0.05) is 31.7 Å². The van der Waals surface area contributed by atoms with Crippen LogP contribution in [-0.2, 0) is 4.74 Å². The molecule has 0 spiro atoms. The Kier molecular flexibility index (Phi) is 4.84. The van der Waals surface area contributed by atoms with E-state index < -0.39 is 5.82 Å². The molecular weight excluding hydrogens is 363 g/mol. The summed E-state index contributed by atoms with van der Waals surface area (Å²) in [6.07, 6.45) is 2.13. The number of nitrogens with zero attached hydrogens (tertiary/aromatic N) is 4. The average Bonchev–Trinajstić information content (AvgIpc) is 3.28. The molecule has 3 heterocycles. The van der Waals surface area contributed by atoms with Crippen molar-refractivity contribution in [2.45, 2.75) is 25.8 Å². The minimum atomic E-state index is -0.465.